The summed E-state index contributed by atoms with van der Waals surface area (Å²) in [6.07, 6.45) is 7.24. The summed E-state index contributed by atoms with van der Waals surface area (Å²) in [6, 6.07) is 4.05. The van der Waals surface area contributed by atoms with Crippen LogP contribution in [0.3, 0.4) is 0 Å². The van der Waals surface area contributed by atoms with E-state index < -0.39 is 0 Å². The normalized spacial score (nSPS) is 18.4. The smallest absolute Gasteiger partial charge is 0.123 e. The van der Waals surface area contributed by atoms with E-state index in [1.165, 1.54) is 44.3 Å². The van der Waals surface area contributed by atoms with E-state index in [0.29, 0.717) is 5.82 Å². The van der Waals surface area contributed by atoms with E-state index in [9.17, 15) is 0 Å². The zero-order valence-electron chi connectivity index (χ0n) is 10.7. The minimum Gasteiger partial charge on any atom is -0.384 e. The van der Waals surface area contributed by atoms with Crippen LogP contribution in [-0.4, -0.2) is 23.0 Å². The minimum atomic E-state index is 0.628. The molecule has 0 spiro atoms. The molecule has 1 aromatic heterocycles. The highest BCUT2D eigenvalue weighted by atomic mass is 15.1. The fourth-order valence-electron chi connectivity index (χ4n) is 2.69. The van der Waals surface area contributed by atoms with Gasteiger partial charge in [-0.05, 0) is 49.5 Å². The molecule has 0 aliphatic carbocycles. The molecule has 0 bridgehead atoms. The van der Waals surface area contributed by atoms with Crippen LogP contribution >= 0.6 is 0 Å². The first-order valence-electron chi connectivity index (χ1n) is 6.70. The lowest BCUT2D eigenvalue weighted by atomic mass is 9.92. The number of hydrogen-bond donors (Lipinski definition) is 1. The standard InChI is InChI=1S/C14H23N3/c1-2-3-12-5-8-17(9-6-12)11-13-4-7-16-14(15)10-13/h4,7,10,12H,2-3,5-6,8-9,11H2,1H3,(H2,15,16). The molecule has 3 heteroatoms. The van der Waals surface area contributed by atoms with Gasteiger partial charge in [0.1, 0.15) is 5.82 Å². The molecule has 1 fully saturated rings. The van der Waals surface area contributed by atoms with Crippen molar-refractivity contribution in [3.63, 3.8) is 0 Å². The predicted molar refractivity (Wildman–Crippen MR) is 71.6 cm³/mol. The van der Waals surface area contributed by atoms with Crippen molar-refractivity contribution in [2.24, 2.45) is 5.92 Å². The Morgan fingerprint density at radius 1 is 1.41 bits per heavy atom. The number of pyridine rings is 1. The van der Waals surface area contributed by atoms with E-state index in [-0.39, 0.29) is 0 Å². The summed E-state index contributed by atoms with van der Waals surface area (Å²) in [7, 11) is 0. The Labute approximate surface area is 104 Å². The summed E-state index contributed by atoms with van der Waals surface area (Å²) in [5.41, 5.74) is 6.98. The molecule has 0 amide bonds. The van der Waals surface area contributed by atoms with E-state index in [1.807, 2.05) is 6.07 Å². The summed E-state index contributed by atoms with van der Waals surface area (Å²) < 4.78 is 0. The quantitative estimate of drug-likeness (QED) is 0.869. The molecule has 17 heavy (non-hydrogen) atoms. The van der Waals surface area contributed by atoms with Gasteiger partial charge in [0.15, 0.2) is 0 Å². The molecule has 1 aliphatic rings. The zero-order valence-corrected chi connectivity index (χ0v) is 10.7. The van der Waals surface area contributed by atoms with Crippen LogP contribution < -0.4 is 5.73 Å². The average molecular weight is 233 g/mol. The Morgan fingerprint density at radius 3 is 2.82 bits per heavy atom. The number of nitrogens with two attached hydrogens (primary N) is 1. The van der Waals surface area contributed by atoms with E-state index >= 15 is 0 Å². The second-order valence-electron chi connectivity index (χ2n) is 5.10. The fourth-order valence-corrected chi connectivity index (χ4v) is 2.69. The number of hydrogen-bond acceptors (Lipinski definition) is 3. The summed E-state index contributed by atoms with van der Waals surface area (Å²) >= 11 is 0. The van der Waals surface area contributed by atoms with Crippen molar-refractivity contribution in [1.29, 1.82) is 0 Å². The number of likely N-dealkylation sites (tertiary alicyclic amines) is 1. The van der Waals surface area contributed by atoms with Gasteiger partial charge < -0.3 is 5.73 Å². The van der Waals surface area contributed by atoms with Gasteiger partial charge in [-0.1, -0.05) is 19.8 Å². The van der Waals surface area contributed by atoms with Crippen molar-refractivity contribution in [1.82, 2.24) is 9.88 Å². The lowest BCUT2D eigenvalue weighted by molar-refractivity contribution is 0.172. The second-order valence-corrected chi connectivity index (χ2v) is 5.10. The van der Waals surface area contributed by atoms with E-state index in [4.69, 9.17) is 5.73 Å². The Kier molecular flexibility index (Phi) is 4.37. The number of piperidine rings is 1. The molecule has 0 aromatic carbocycles. The number of aromatic nitrogens is 1. The molecule has 1 aliphatic heterocycles. The highest BCUT2D eigenvalue weighted by Crippen LogP contribution is 2.22. The molecule has 94 valence electrons. The van der Waals surface area contributed by atoms with E-state index in [1.54, 1.807) is 6.20 Å². The maximum Gasteiger partial charge on any atom is 0.123 e. The van der Waals surface area contributed by atoms with Crippen LogP contribution in [0.5, 0.6) is 0 Å². The van der Waals surface area contributed by atoms with Crippen molar-refractivity contribution in [2.75, 3.05) is 18.8 Å². The predicted octanol–water partition coefficient (Wildman–Crippen LogP) is 2.68. The Balaban J connectivity index is 1.82. The maximum absolute atomic E-state index is 5.70. The molecular weight excluding hydrogens is 210 g/mol. The van der Waals surface area contributed by atoms with Crippen LogP contribution in [0.15, 0.2) is 18.3 Å². The van der Waals surface area contributed by atoms with Gasteiger partial charge in [-0.15, -0.1) is 0 Å². The lowest BCUT2D eigenvalue weighted by Gasteiger charge is -2.31. The Morgan fingerprint density at radius 2 is 2.18 bits per heavy atom. The Bertz CT molecular complexity index is 343. The number of anilines is 1. The second kappa shape index (κ2) is 6.01. The van der Waals surface area contributed by atoms with Crippen LogP contribution in [0.4, 0.5) is 5.82 Å². The zero-order chi connectivity index (χ0) is 12.1. The molecule has 0 radical (unpaired) electrons. The monoisotopic (exact) mass is 233 g/mol. The van der Waals surface area contributed by atoms with Gasteiger partial charge in [0.25, 0.3) is 0 Å². The molecule has 1 aromatic rings. The lowest BCUT2D eigenvalue weighted by Crippen LogP contribution is -2.33. The van der Waals surface area contributed by atoms with Gasteiger partial charge in [0, 0.05) is 12.7 Å². The molecular formula is C14H23N3. The van der Waals surface area contributed by atoms with Crippen molar-refractivity contribution >= 4 is 5.82 Å². The van der Waals surface area contributed by atoms with Gasteiger partial charge in [-0.3, -0.25) is 4.90 Å². The van der Waals surface area contributed by atoms with Gasteiger partial charge >= 0.3 is 0 Å². The Hall–Kier alpha value is -1.09. The minimum absolute atomic E-state index is 0.628. The van der Waals surface area contributed by atoms with Gasteiger partial charge in [-0.2, -0.15) is 0 Å². The van der Waals surface area contributed by atoms with Crippen LogP contribution in [0.25, 0.3) is 0 Å². The molecule has 2 rings (SSSR count). The molecule has 2 heterocycles. The molecule has 0 saturated carbocycles. The third-order valence-electron chi connectivity index (χ3n) is 3.66. The van der Waals surface area contributed by atoms with Crippen LogP contribution in [0, 0.1) is 5.92 Å². The van der Waals surface area contributed by atoms with Gasteiger partial charge in [0.05, 0.1) is 0 Å². The van der Waals surface area contributed by atoms with E-state index in [2.05, 4.69) is 22.9 Å². The maximum atomic E-state index is 5.70. The topological polar surface area (TPSA) is 42.2 Å². The largest absolute Gasteiger partial charge is 0.384 e. The average Bonchev–Trinajstić information content (AvgIpc) is 2.32. The molecule has 0 atom stereocenters. The highest BCUT2D eigenvalue weighted by molar-refractivity contribution is 5.31. The van der Waals surface area contributed by atoms with Crippen LogP contribution in [0.2, 0.25) is 0 Å². The van der Waals surface area contributed by atoms with Gasteiger partial charge in [-0.25, -0.2) is 4.98 Å². The van der Waals surface area contributed by atoms with Crippen molar-refractivity contribution in [2.45, 2.75) is 39.2 Å². The molecule has 0 unspecified atom stereocenters. The molecule has 3 nitrogen and oxygen atoms in total. The van der Waals surface area contributed by atoms with Crippen molar-refractivity contribution in [3.05, 3.63) is 23.9 Å². The van der Waals surface area contributed by atoms with Crippen molar-refractivity contribution < 1.29 is 0 Å². The van der Waals surface area contributed by atoms with Gasteiger partial charge in [0.2, 0.25) is 0 Å². The summed E-state index contributed by atoms with van der Waals surface area (Å²) in [6.45, 7) is 5.76. The van der Waals surface area contributed by atoms with Crippen LogP contribution in [-0.2, 0) is 6.54 Å². The van der Waals surface area contributed by atoms with E-state index in [0.717, 1.165) is 12.5 Å². The van der Waals surface area contributed by atoms with Crippen LogP contribution in [0.1, 0.15) is 38.2 Å². The summed E-state index contributed by atoms with van der Waals surface area (Å²) in [4.78, 5) is 6.56. The first-order valence-corrected chi connectivity index (χ1v) is 6.70. The SMILES string of the molecule is CCCC1CCN(Cc2ccnc(N)c2)CC1. The molecule has 2 N–H and O–H groups in total. The summed E-state index contributed by atoms with van der Waals surface area (Å²) in [5, 5.41) is 0. The number of rotatable bonds is 4. The fraction of sp³-hybridized carbons (Fsp3) is 0.643. The number of nitrogens with zero attached hydrogens (tertiary/aromatic N) is 2. The first-order chi connectivity index (χ1) is 8.28. The third kappa shape index (κ3) is 3.70. The highest BCUT2D eigenvalue weighted by Gasteiger charge is 2.18. The first kappa shape index (κ1) is 12.4. The van der Waals surface area contributed by atoms with Crippen molar-refractivity contribution in [3.8, 4) is 0 Å². The molecule has 1 saturated heterocycles. The summed E-state index contributed by atoms with van der Waals surface area (Å²) in [5.74, 6) is 1.59. The number of nitrogen functional groups attached to an aromatic ring is 1. The third-order valence-corrected chi connectivity index (χ3v) is 3.66.